The van der Waals surface area contributed by atoms with Gasteiger partial charge in [-0.1, -0.05) is 35.7 Å². The first-order valence-corrected chi connectivity index (χ1v) is 15.6. The largest absolute Gasteiger partial charge is 0.466 e. The summed E-state index contributed by atoms with van der Waals surface area (Å²) in [5, 5.41) is 8.54. The van der Waals surface area contributed by atoms with Crippen LogP contribution in [0, 0.1) is 11.8 Å². The second-order valence-electron chi connectivity index (χ2n) is 10.9. The van der Waals surface area contributed by atoms with Crippen LogP contribution in [-0.4, -0.2) is 66.1 Å². The first-order valence-electron chi connectivity index (χ1n) is 14.1. The summed E-state index contributed by atoms with van der Waals surface area (Å²) in [7, 11) is 3.26. The van der Waals surface area contributed by atoms with Gasteiger partial charge < -0.3 is 25.3 Å². The number of amides is 3. The summed E-state index contributed by atoms with van der Waals surface area (Å²) in [5.74, 6) is -1.02. The molecule has 4 atom stereocenters. The Labute approximate surface area is 263 Å². The van der Waals surface area contributed by atoms with Crippen LogP contribution in [0.2, 0.25) is 9.36 Å². The molecular formula is C29H35Cl2N5O6S. The molecule has 0 aromatic carbocycles. The van der Waals surface area contributed by atoms with E-state index in [1.807, 2.05) is 7.05 Å². The average Bonchev–Trinajstić information content (AvgIpc) is 3.32. The Morgan fingerprint density at radius 2 is 2.02 bits per heavy atom. The van der Waals surface area contributed by atoms with Crippen molar-refractivity contribution in [2.45, 2.75) is 57.3 Å². The number of thiophene rings is 1. The highest BCUT2D eigenvalue weighted by molar-refractivity contribution is 7.18. The van der Waals surface area contributed by atoms with Gasteiger partial charge in [0.25, 0.3) is 11.5 Å². The van der Waals surface area contributed by atoms with Crippen molar-refractivity contribution < 1.29 is 23.9 Å². The van der Waals surface area contributed by atoms with Gasteiger partial charge >= 0.3 is 5.97 Å². The topological polar surface area (TPSA) is 139 Å². The molecule has 43 heavy (non-hydrogen) atoms. The number of anilines is 1. The van der Waals surface area contributed by atoms with Crippen molar-refractivity contribution in [1.82, 2.24) is 20.1 Å². The highest BCUT2D eigenvalue weighted by Crippen LogP contribution is 2.36. The number of piperidine rings is 1. The Morgan fingerprint density at radius 3 is 2.74 bits per heavy atom. The molecule has 1 saturated carbocycles. The Hall–Kier alpha value is -3.19. The molecule has 3 amide bonds. The van der Waals surface area contributed by atoms with Gasteiger partial charge in [0.05, 0.1) is 23.2 Å². The van der Waals surface area contributed by atoms with Crippen molar-refractivity contribution >= 4 is 63.9 Å². The molecule has 4 rings (SSSR count). The van der Waals surface area contributed by atoms with Crippen molar-refractivity contribution in [2.75, 3.05) is 26.0 Å². The minimum atomic E-state index is -1.08. The third-order valence-corrected chi connectivity index (χ3v) is 9.62. The molecule has 3 unspecified atom stereocenters. The fourth-order valence-electron chi connectivity index (χ4n) is 5.70. The summed E-state index contributed by atoms with van der Waals surface area (Å²) in [6.45, 7) is 0.729. The van der Waals surface area contributed by atoms with Gasteiger partial charge in [0.15, 0.2) is 0 Å². The van der Waals surface area contributed by atoms with Crippen LogP contribution in [0.25, 0.3) is 0 Å². The predicted molar refractivity (Wildman–Crippen MR) is 165 cm³/mol. The number of methoxy groups -OCH3 is 1. The number of carbonyl (C=O) groups excluding carboxylic acids is 4. The molecular weight excluding hydrogens is 617 g/mol. The molecule has 3 N–H and O–H groups in total. The number of carbonyl (C=O) groups is 4. The number of nitrogens with one attached hydrogen (secondary N) is 3. The number of esters is 1. The van der Waals surface area contributed by atoms with Crippen LogP contribution >= 0.6 is 34.5 Å². The molecule has 232 valence electrons. The number of fused-ring (bicyclic) bond motifs is 2. The van der Waals surface area contributed by atoms with Gasteiger partial charge in [-0.15, -0.1) is 11.3 Å². The van der Waals surface area contributed by atoms with Crippen LogP contribution in [0.1, 0.15) is 48.2 Å². The lowest BCUT2D eigenvalue weighted by Crippen LogP contribution is -2.57. The summed E-state index contributed by atoms with van der Waals surface area (Å²) >= 11 is 12.9. The molecule has 0 radical (unpaired) electrons. The number of aromatic nitrogens is 1. The molecule has 0 spiro atoms. The number of rotatable bonds is 11. The van der Waals surface area contributed by atoms with Crippen molar-refractivity contribution in [3.05, 3.63) is 61.1 Å². The SMILES string of the molecule is COC(=O)/C=C/CC[C@H](NC(=O)c1cc(Cl)c(Cl)s1)C(=O)Nc1cccn(CC(=O)NC2C3CCCC(C3)CN2C)c1=O. The van der Waals surface area contributed by atoms with E-state index in [-0.39, 0.29) is 51.4 Å². The molecule has 2 fully saturated rings. The lowest BCUT2D eigenvalue weighted by Gasteiger charge is -2.46. The molecule has 2 bridgehead atoms. The van der Waals surface area contributed by atoms with E-state index >= 15 is 0 Å². The smallest absolute Gasteiger partial charge is 0.330 e. The Balaban J connectivity index is 1.43. The van der Waals surface area contributed by atoms with Crippen molar-refractivity contribution in [1.29, 1.82) is 0 Å². The quantitative estimate of drug-likeness (QED) is 0.249. The molecule has 1 saturated heterocycles. The van der Waals surface area contributed by atoms with E-state index in [1.54, 1.807) is 6.07 Å². The maximum atomic E-state index is 13.3. The van der Waals surface area contributed by atoms with Gasteiger partial charge in [-0.2, -0.15) is 0 Å². The van der Waals surface area contributed by atoms with Gasteiger partial charge in [0.1, 0.15) is 22.6 Å². The molecule has 2 aliphatic rings. The van der Waals surface area contributed by atoms with Crippen molar-refractivity contribution in [3.8, 4) is 0 Å². The zero-order valence-electron chi connectivity index (χ0n) is 23.9. The zero-order chi connectivity index (χ0) is 31.1. The van der Waals surface area contributed by atoms with E-state index in [2.05, 4.69) is 25.6 Å². The fourth-order valence-corrected chi connectivity index (χ4v) is 6.97. The van der Waals surface area contributed by atoms with Crippen LogP contribution in [0.3, 0.4) is 0 Å². The first-order chi connectivity index (χ1) is 20.5. The Morgan fingerprint density at radius 1 is 1.23 bits per heavy atom. The standard InChI is InChI=1S/C29H35Cl2N5O6S/c1-35-15-17-7-5-8-18(13-17)26(35)34-23(37)16-36-12-6-10-21(29(36)41)33-27(39)20(9-3-4-11-24(38)42-2)32-28(40)22-14-19(30)25(31)43-22/h4,6,10-12,14,17-18,20,26H,3,5,7-9,13,15-16H2,1-2H3,(H,32,40)(H,33,39)(H,34,37)/b11-4+/t17?,18?,20-,26?/m0/s1. The maximum Gasteiger partial charge on any atom is 0.330 e. The second kappa shape index (κ2) is 15.0. The summed E-state index contributed by atoms with van der Waals surface area (Å²) < 4.78 is 6.04. The third-order valence-electron chi connectivity index (χ3n) is 7.76. The van der Waals surface area contributed by atoms with Gasteiger partial charge in [-0.3, -0.25) is 24.1 Å². The van der Waals surface area contributed by atoms with Crippen LogP contribution in [-0.2, 0) is 25.7 Å². The molecule has 3 heterocycles. The number of halogens is 2. The van der Waals surface area contributed by atoms with Crippen LogP contribution in [0.5, 0.6) is 0 Å². The number of hydrogen-bond donors (Lipinski definition) is 3. The number of ether oxygens (including phenoxy) is 1. The van der Waals surface area contributed by atoms with E-state index in [4.69, 9.17) is 23.2 Å². The maximum absolute atomic E-state index is 13.3. The first kappa shape index (κ1) is 32.7. The predicted octanol–water partition coefficient (Wildman–Crippen LogP) is 3.66. The summed E-state index contributed by atoms with van der Waals surface area (Å²) in [5.41, 5.74) is -0.606. The summed E-state index contributed by atoms with van der Waals surface area (Å²) in [4.78, 5) is 66.2. The minimum Gasteiger partial charge on any atom is -0.466 e. The molecule has 1 aliphatic carbocycles. The normalized spacial score (nSPS) is 20.8. The Bertz CT molecular complexity index is 1420. The lowest BCUT2D eigenvalue weighted by molar-refractivity contribution is -0.134. The average molecular weight is 653 g/mol. The van der Waals surface area contributed by atoms with Crippen LogP contribution in [0.4, 0.5) is 5.69 Å². The number of pyridine rings is 1. The zero-order valence-corrected chi connectivity index (χ0v) is 26.3. The van der Waals surface area contributed by atoms with Gasteiger partial charge in [-0.05, 0) is 69.2 Å². The highest BCUT2D eigenvalue weighted by atomic mass is 35.5. The summed E-state index contributed by atoms with van der Waals surface area (Å²) in [6, 6.07) is 3.31. The van der Waals surface area contributed by atoms with Crippen molar-refractivity contribution in [2.24, 2.45) is 11.8 Å². The fraction of sp³-hybridized carbons (Fsp3) is 0.483. The molecule has 1 aliphatic heterocycles. The highest BCUT2D eigenvalue weighted by Gasteiger charge is 2.37. The number of likely N-dealkylation sites (tertiary alicyclic amines) is 1. The Kier molecular flexibility index (Phi) is 11.4. The van der Waals surface area contributed by atoms with Gasteiger partial charge in [-0.25, -0.2) is 4.79 Å². The van der Waals surface area contributed by atoms with Gasteiger partial charge in [0, 0.05) is 18.8 Å². The molecule has 11 nitrogen and oxygen atoms in total. The minimum absolute atomic E-state index is 0.0447. The van der Waals surface area contributed by atoms with E-state index in [0.29, 0.717) is 11.8 Å². The molecule has 14 heteroatoms. The van der Waals surface area contributed by atoms with Gasteiger partial charge in [0.2, 0.25) is 11.8 Å². The van der Waals surface area contributed by atoms with Crippen molar-refractivity contribution in [3.63, 3.8) is 0 Å². The van der Waals surface area contributed by atoms with E-state index in [1.165, 1.54) is 48.6 Å². The molecule has 2 aromatic heterocycles. The number of hydrogen-bond acceptors (Lipinski definition) is 8. The lowest BCUT2D eigenvalue weighted by atomic mass is 9.76. The monoisotopic (exact) mass is 651 g/mol. The van der Waals surface area contributed by atoms with E-state index in [9.17, 15) is 24.0 Å². The number of nitrogens with zero attached hydrogens (tertiary/aromatic N) is 2. The second-order valence-corrected chi connectivity index (χ2v) is 12.9. The van der Waals surface area contributed by atoms with E-state index < -0.39 is 29.4 Å². The molecule has 2 aromatic rings. The van der Waals surface area contributed by atoms with Crippen LogP contribution < -0.4 is 21.5 Å². The third kappa shape index (κ3) is 8.69. The summed E-state index contributed by atoms with van der Waals surface area (Å²) in [6.07, 6.45) is 9.05. The number of allylic oxidation sites excluding steroid dienone is 1. The van der Waals surface area contributed by atoms with Crippen LogP contribution in [0.15, 0.2) is 41.3 Å². The van der Waals surface area contributed by atoms with E-state index in [0.717, 1.165) is 37.1 Å².